The van der Waals surface area contributed by atoms with Gasteiger partial charge < -0.3 is 15.2 Å². The number of para-hydroxylation sites is 1. The van der Waals surface area contributed by atoms with E-state index in [0.717, 1.165) is 38.0 Å². The number of nitrogens with one attached hydrogen (secondary N) is 2. The summed E-state index contributed by atoms with van der Waals surface area (Å²) in [6, 6.07) is 13.7. The minimum atomic E-state index is -0.0874. The number of piperidine rings is 1. The van der Waals surface area contributed by atoms with Crippen LogP contribution >= 0.6 is 34.4 Å². The molecule has 1 saturated heterocycles. The van der Waals surface area contributed by atoms with Gasteiger partial charge in [-0.1, -0.05) is 6.07 Å². The van der Waals surface area contributed by atoms with Crippen LogP contribution in [0, 0.1) is 3.57 Å². The standard InChI is InChI=1S/C20H21IN4O2S/c1-28-17-4-2-3-16-18(17)23-20(27)25(16)15-9-11-24(12-10-15)19(26)22-14-7-5-13(21)6-8-14/h2-8,15H,9-12H2,1H3,(H,22,26)(H,23,27). The number of hydrogen-bond donors (Lipinski definition) is 2. The van der Waals surface area contributed by atoms with E-state index >= 15 is 0 Å². The van der Waals surface area contributed by atoms with Gasteiger partial charge in [-0.25, -0.2) is 9.59 Å². The molecule has 2 aromatic carbocycles. The van der Waals surface area contributed by atoms with E-state index in [2.05, 4.69) is 32.9 Å². The Hall–Kier alpha value is -1.94. The van der Waals surface area contributed by atoms with Gasteiger partial charge >= 0.3 is 11.7 Å². The summed E-state index contributed by atoms with van der Waals surface area (Å²) in [5.74, 6) is 0. The topological polar surface area (TPSA) is 70.1 Å². The third-order valence-corrected chi connectivity index (χ3v) is 6.65. The fourth-order valence-corrected chi connectivity index (χ4v) is 4.65. The quantitative estimate of drug-likeness (QED) is 0.404. The van der Waals surface area contributed by atoms with E-state index in [9.17, 15) is 9.59 Å². The largest absolute Gasteiger partial charge is 0.326 e. The summed E-state index contributed by atoms with van der Waals surface area (Å²) in [6.45, 7) is 1.25. The van der Waals surface area contributed by atoms with Gasteiger partial charge in [-0.3, -0.25) is 4.57 Å². The summed E-state index contributed by atoms with van der Waals surface area (Å²) in [7, 11) is 0. The lowest BCUT2D eigenvalue weighted by Crippen LogP contribution is -2.42. The lowest BCUT2D eigenvalue weighted by atomic mass is 10.0. The molecule has 28 heavy (non-hydrogen) atoms. The van der Waals surface area contributed by atoms with Crippen molar-refractivity contribution in [1.29, 1.82) is 0 Å². The van der Waals surface area contributed by atoms with Gasteiger partial charge in [-0.05, 0) is 78.1 Å². The Morgan fingerprint density at radius 1 is 1.18 bits per heavy atom. The van der Waals surface area contributed by atoms with Crippen molar-refractivity contribution in [3.63, 3.8) is 0 Å². The van der Waals surface area contributed by atoms with Crippen LogP contribution in [0.4, 0.5) is 10.5 Å². The van der Waals surface area contributed by atoms with Crippen LogP contribution in [0.25, 0.3) is 11.0 Å². The van der Waals surface area contributed by atoms with Crippen molar-refractivity contribution in [3.05, 3.63) is 56.5 Å². The number of fused-ring (bicyclic) bond motifs is 1. The maximum Gasteiger partial charge on any atom is 0.326 e. The highest BCUT2D eigenvalue weighted by atomic mass is 127. The van der Waals surface area contributed by atoms with Crippen LogP contribution in [0.15, 0.2) is 52.2 Å². The summed E-state index contributed by atoms with van der Waals surface area (Å²) < 4.78 is 2.99. The van der Waals surface area contributed by atoms with Gasteiger partial charge in [0, 0.05) is 33.3 Å². The fraction of sp³-hybridized carbons (Fsp3) is 0.300. The Kier molecular flexibility index (Phi) is 5.68. The molecule has 146 valence electrons. The molecule has 1 aromatic heterocycles. The summed E-state index contributed by atoms with van der Waals surface area (Å²) in [6.07, 6.45) is 3.53. The zero-order valence-corrected chi connectivity index (χ0v) is 18.4. The fourth-order valence-electron chi connectivity index (χ4n) is 3.72. The Morgan fingerprint density at radius 3 is 2.57 bits per heavy atom. The van der Waals surface area contributed by atoms with Gasteiger partial charge in [-0.15, -0.1) is 11.8 Å². The Bertz CT molecular complexity index is 1050. The molecule has 0 aliphatic carbocycles. The van der Waals surface area contributed by atoms with Crippen LogP contribution in [0.5, 0.6) is 0 Å². The molecule has 0 bridgehead atoms. The van der Waals surface area contributed by atoms with Gasteiger partial charge in [0.2, 0.25) is 0 Å². The SMILES string of the molecule is CSc1cccc2c1[nH]c(=O)n2C1CCN(C(=O)Nc2ccc(I)cc2)CC1. The minimum Gasteiger partial charge on any atom is -0.324 e. The predicted octanol–water partition coefficient (Wildman–Crippen LogP) is 4.53. The van der Waals surface area contributed by atoms with E-state index in [1.165, 1.54) is 0 Å². The number of H-pyrrole nitrogens is 1. The molecule has 1 fully saturated rings. The average molecular weight is 508 g/mol. The van der Waals surface area contributed by atoms with Crippen LogP contribution in [-0.2, 0) is 0 Å². The highest BCUT2D eigenvalue weighted by molar-refractivity contribution is 14.1. The second kappa shape index (κ2) is 8.20. The third-order valence-electron chi connectivity index (χ3n) is 5.15. The van der Waals surface area contributed by atoms with E-state index in [1.54, 1.807) is 11.8 Å². The molecule has 1 aliphatic rings. The molecule has 3 aromatic rings. The number of benzene rings is 2. The molecule has 0 radical (unpaired) electrons. The molecular weight excluding hydrogens is 487 g/mol. The van der Waals surface area contributed by atoms with Crippen molar-refractivity contribution in [3.8, 4) is 0 Å². The number of imidazole rings is 1. The summed E-state index contributed by atoms with van der Waals surface area (Å²) in [4.78, 5) is 31.0. The van der Waals surface area contributed by atoms with Gasteiger partial charge in [0.05, 0.1) is 11.0 Å². The second-order valence-corrected chi connectivity index (χ2v) is 8.90. The predicted molar refractivity (Wildman–Crippen MR) is 122 cm³/mol. The van der Waals surface area contributed by atoms with Crippen molar-refractivity contribution in [1.82, 2.24) is 14.5 Å². The number of halogens is 1. The number of aromatic nitrogens is 2. The van der Waals surface area contributed by atoms with E-state index in [-0.39, 0.29) is 17.8 Å². The van der Waals surface area contributed by atoms with Crippen LogP contribution in [-0.4, -0.2) is 39.8 Å². The first kappa shape index (κ1) is 19.4. The number of amides is 2. The molecule has 4 rings (SSSR count). The van der Waals surface area contributed by atoms with Crippen molar-refractivity contribution >= 4 is 57.1 Å². The molecule has 6 nitrogen and oxygen atoms in total. The Balaban J connectivity index is 1.46. The molecule has 0 saturated carbocycles. The van der Waals surface area contributed by atoms with Crippen LogP contribution < -0.4 is 11.0 Å². The number of carbonyl (C=O) groups is 1. The number of urea groups is 1. The molecule has 0 spiro atoms. The zero-order valence-electron chi connectivity index (χ0n) is 15.4. The average Bonchev–Trinajstić information content (AvgIpc) is 3.05. The summed E-state index contributed by atoms with van der Waals surface area (Å²) in [5.41, 5.74) is 2.57. The Labute approximate surface area is 180 Å². The van der Waals surface area contributed by atoms with Gasteiger partial charge in [0.15, 0.2) is 0 Å². The van der Waals surface area contributed by atoms with Gasteiger partial charge in [-0.2, -0.15) is 0 Å². The van der Waals surface area contributed by atoms with Crippen molar-refractivity contribution in [2.24, 2.45) is 0 Å². The number of aromatic amines is 1. The smallest absolute Gasteiger partial charge is 0.324 e. The monoisotopic (exact) mass is 508 g/mol. The molecule has 8 heteroatoms. The number of hydrogen-bond acceptors (Lipinski definition) is 3. The first-order valence-electron chi connectivity index (χ1n) is 9.15. The number of rotatable bonds is 3. The van der Waals surface area contributed by atoms with E-state index in [1.807, 2.05) is 58.2 Å². The molecule has 2 amide bonds. The molecule has 0 atom stereocenters. The first-order chi connectivity index (χ1) is 13.6. The second-order valence-electron chi connectivity index (χ2n) is 6.81. The van der Waals surface area contributed by atoms with E-state index in [0.29, 0.717) is 13.1 Å². The van der Waals surface area contributed by atoms with Crippen molar-refractivity contribution in [2.75, 3.05) is 24.7 Å². The normalized spacial score (nSPS) is 15.1. The summed E-state index contributed by atoms with van der Waals surface area (Å²) >= 11 is 3.87. The van der Waals surface area contributed by atoms with Crippen molar-refractivity contribution < 1.29 is 4.79 Å². The lowest BCUT2D eigenvalue weighted by molar-refractivity contribution is 0.184. The third kappa shape index (κ3) is 3.80. The molecule has 2 heterocycles. The Morgan fingerprint density at radius 2 is 1.89 bits per heavy atom. The first-order valence-corrected chi connectivity index (χ1v) is 11.5. The number of carbonyl (C=O) groups excluding carboxylic acids is 1. The van der Waals surface area contributed by atoms with Crippen LogP contribution in [0.3, 0.4) is 0 Å². The highest BCUT2D eigenvalue weighted by Crippen LogP contribution is 2.29. The minimum absolute atomic E-state index is 0.0710. The van der Waals surface area contributed by atoms with Crippen LogP contribution in [0.1, 0.15) is 18.9 Å². The van der Waals surface area contributed by atoms with E-state index in [4.69, 9.17) is 0 Å². The molecule has 2 N–H and O–H groups in total. The maximum atomic E-state index is 12.6. The number of nitrogens with zero attached hydrogens (tertiary/aromatic N) is 2. The molecule has 0 unspecified atom stereocenters. The number of anilines is 1. The highest BCUT2D eigenvalue weighted by Gasteiger charge is 2.26. The van der Waals surface area contributed by atoms with E-state index < -0.39 is 0 Å². The lowest BCUT2D eigenvalue weighted by Gasteiger charge is -2.32. The zero-order chi connectivity index (χ0) is 19.7. The van der Waals surface area contributed by atoms with Crippen LogP contribution in [0.2, 0.25) is 0 Å². The summed E-state index contributed by atoms with van der Waals surface area (Å²) in [5, 5.41) is 2.95. The number of likely N-dealkylation sites (tertiary alicyclic amines) is 1. The van der Waals surface area contributed by atoms with Crippen molar-refractivity contribution in [2.45, 2.75) is 23.8 Å². The maximum absolute atomic E-state index is 12.6. The number of thioether (sulfide) groups is 1. The van der Waals surface area contributed by atoms with Gasteiger partial charge in [0.1, 0.15) is 0 Å². The van der Waals surface area contributed by atoms with Gasteiger partial charge in [0.25, 0.3) is 0 Å². The molecular formula is C20H21IN4O2S. The molecule has 1 aliphatic heterocycles.